The highest BCUT2D eigenvalue weighted by Crippen LogP contribution is 2.14. The summed E-state index contributed by atoms with van der Waals surface area (Å²) in [5.41, 5.74) is 0.145. The van der Waals surface area contributed by atoms with Gasteiger partial charge in [0, 0.05) is 11.8 Å². The highest BCUT2D eigenvalue weighted by Gasteiger charge is 2.24. The highest BCUT2D eigenvalue weighted by molar-refractivity contribution is 5.95. The average molecular weight is 212 g/mol. The van der Waals surface area contributed by atoms with Crippen molar-refractivity contribution in [3.8, 4) is 0 Å². The van der Waals surface area contributed by atoms with Crippen molar-refractivity contribution in [1.29, 1.82) is 0 Å². The fraction of sp³-hybridized carbons (Fsp3) is 0.300. The predicted molar refractivity (Wildman–Crippen MR) is 51.4 cm³/mol. The topological polar surface area (TPSA) is 41.1 Å². The molecule has 1 aliphatic heterocycles. The lowest BCUT2D eigenvalue weighted by molar-refractivity contribution is -0.119. The molecule has 1 saturated heterocycles. The first-order valence-corrected chi connectivity index (χ1v) is 4.65. The van der Waals surface area contributed by atoms with Gasteiger partial charge in [-0.25, -0.2) is 8.78 Å². The van der Waals surface area contributed by atoms with E-state index >= 15 is 0 Å². The van der Waals surface area contributed by atoms with E-state index < -0.39 is 11.6 Å². The molecule has 0 radical (unpaired) electrons. The van der Waals surface area contributed by atoms with Gasteiger partial charge in [-0.2, -0.15) is 0 Å². The summed E-state index contributed by atoms with van der Waals surface area (Å²) in [5, 5.41) is 5.34. The molecule has 0 spiro atoms. The van der Waals surface area contributed by atoms with Gasteiger partial charge in [0.25, 0.3) is 0 Å². The highest BCUT2D eigenvalue weighted by atomic mass is 19.1. The number of benzene rings is 1. The van der Waals surface area contributed by atoms with E-state index in [0.29, 0.717) is 0 Å². The van der Waals surface area contributed by atoms with Crippen LogP contribution in [0.15, 0.2) is 18.2 Å². The van der Waals surface area contributed by atoms with E-state index in [-0.39, 0.29) is 17.6 Å². The Morgan fingerprint density at radius 1 is 1.33 bits per heavy atom. The number of halogens is 2. The molecule has 1 heterocycles. The smallest absolute Gasteiger partial charge is 0.241 e. The van der Waals surface area contributed by atoms with Gasteiger partial charge in [0.2, 0.25) is 5.91 Å². The maximum absolute atomic E-state index is 12.8. The van der Waals surface area contributed by atoms with Gasteiger partial charge in [0.05, 0.1) is 6.04 Å². The lowest BCUT2D eigenvalue weighted by Crippen LogP contribution is -2.50. The Labute approximate surface area is 85.5 Å². The number of nitrogens with one attached hydrogen (secondary N) is 2. The number of carbonyl (C=O) groups is 1. The van der Waals surface area contributed by atoms with Crippen molar-refractivity contribution in [2.75, 3.05) is 11.9 Å². The maximum Gasteiger partial charge on any atom is 0.241 e. The van der Waals surface area contributed by atoms with E-state index in [1.807, 2.05) is 0 Å². The quantitative estimate of drug-likeness (QED) is 0.775. The van der Waals surface area contributed by atoms with Crippen LogP contribution in [0.25, 0.3) is 0 Å². The van der Waals surface area contributed by atoms with Crippen LogP contribution in [-0.4, -0.2) is 18.5 Å². The molecular weight excluding hydrogens is 202 g/mol. The van der Waals surface area contributed by atoms with Crippen LogP contribution in [0.2, 0.25) is 0 Å². The summed E-state index contributed by atoms with van der Waals surface area (Å²) in [5.74, 6) is -1.66. The standard InChI is InChI=1S/C10H10F2N2O/c11-6-3-7(12)5-8(4-6)14-10(15)9-1-2-13-9/h3-5,9,13H,1-2H2,(H,14,15)/t9-/m1/s1. The predicted octanol–water partition coefficient (Wildman–Crippen LogP) is 1.27. The largest absolute Gasteiger partial charge is 0.325 e. The van der Waals surface area contributed by atoms with E-state index in [9.17, 15) is 13.6 Å². The van der Waals surface area contributed by atoms with Gasteiger partial charge in [0.1, 0.15) is 11.6 Å². The summed E-state index contributed by atoms with van der Waals surface area (Å²) >= 11 is 0. The molecule has 0 saturated carbocycles. The molecule has 1 aliphatic rings. The molecule has 1 aromatic carbocycles. The zero-order valence-corrected chi connectivity index (χ0v) is 7.89. The third-order valence-electron chi connectivity index (χ3n) is 2.27. The fourth-order valence-electron chi connectivity index (χ4n) is 1.37. The number of hydrogen-bond acceptors (Lipinski definition) is 2. The fourth-order valence-corrected chi connectivity index (χ4v) is 1.37. The molecule has 80 valence electrons. The van der Waals surface area contributed by atoms with E-state index in [1.165, 1.54) is 0 Å². The molecule has 2 N–H and O–H groups in total. The number of amides is 1. The van der Waals surface area contributed by atoms with Gasteiger partial charge in [-0.3, -0.25) is 4.79 Å². The van der Waals surface area contributed by atoms with Crippen molar-refractivity contribution in [2.45, 2.75) is 12.5 Å². The summed E-state index contributed by atoms with van der Waals surface area (Å²) in [6, 6.07) is 2.69. The summed E-state index contributed by atoms with van der Waals surface area (Å²) in [7, 11) is 0. The minimum atomic E-state index is -0.702. The molecule has 5 heteroatoms. The van der Waals surface area contributed by atoms with Gasteiger partial charge in [-0.15, -0.1) is 0 Å². The van der Waals surface area contributed by atoms with E-state index in [0.717, 1.165) is 31.2 Å². The van der Waals surface area contributed by atoms with E-state index in [1.54, 1.807) is 0 Å². The molecule has 15 heavy (non-hydrogen) atoms. The molecule has 1 aromatic rings. The van der Waals surface area contributed by atoms with E-state index in [2.05, 4.69) is 10.6 Å². The van der Waals surface area contributed by atoms with E-state index in [4.69, 9.17) is 0 Å². The second-order valence-corrected chi connectivity index (χ2v) is 3.44. The Morgan fingerprint density at radius 2 is 1.93 bits per heavy atom. The normalized spacial score (nSPS) is 19.5. The van der Waals surface area contributed by atoms with Crippen LogP contribution in [0.5, 0.6) is 0 Å². The summed E-state index contributed by atoms with van der Waals surface area (Å²) in [6.45, 7) is 0.801. The Balaban J connectivity index is 2.06. The maximum atomic E-state index is 12.8. The number of anilines is 1. The molecule has 0 bridgehead atoms. The van der Waals surface area contributed by atoms with Gasteiger partial charge >= 0.3 is 0 Å². The van der Waals surface area contributed by atoms with Crippen LogP contribution in [0.3, 0.4) is 0 Å². The second-order valence-electron chi connectivity index (χ2n) is 3.44. The van der Waals surface area contributed by atoms with Crippen molar-refractivity contribution >= 4 is 11.6 Å². The first-order chi connectivity index (χ1) is 7.15. The van der Waals surface area contributed by atoms with Crippen LogP contribution >= 0.6 is 0 Å². The Morgan fingerprint density at radius 3 is 2.40 bits per heavy atom. The lowest BCUT2D eigenvalue weighted by Gasteiger charge is -2.26. The molecule has 2 rings (SSSR count). The first-order valence-electron chi connectivity index (χ1n) is 4.65. The van der Waals surface area contributed by atoms with Crippen molar-refractivity contribution in [3.63, 3.8) is 0 Å². The third-order valence-corrected chi connectivity index (χ3v) is 2.27. The number of carbonyl (C=O) groups excluding carboxylic acids is 1. The van der Waals surface area contributed by atoms with Crippen molar-refractivity contribution in [2.24, 2.45) is 0 Å². The Hall–Kier alpha value is -1.49. The molecule has 1 amide bonds. The molecule has 0 aliphatic carbocycles. The van der Waals surface area contributed by atoms with Crippen LogP contribution in [0.4, 0.5) is 14.5 Å². The van der Waals surface area contributed by atoms with Crippen LogP contribution < -0.4 is 10.6 Å². The molecular formula is C10H10F2N2O. The van der Waals surface area contributed by atoms with Crippen LogP contribution in [0.1, 0.15) is 6.42 Å². The zero-order chi connectivity index (χ0) is 10.8. The molecule has 1 fully saturated rings. The van der Waals surface area contributed by atoms with Gasteiger partial charge in [0.15, 0.2) is 0 Å². The average Bonchev–Trinajstić information content (AvgIpc) is 1.96. The van der Waals surface area contributed by atoms with Crippen LogP contribution in [-0.2, 0) is 4.79 Å². The Kier molecular flexibility index (Phi) is 2.64. The monoisotopic (exact) mass is 212 g/mol. The second kappa shape index (κ2) is 3.94. The van der Waals surface area contributed by atoms with Gasteiger partial charge in [-0.05, 0) is 25.1 Å². The Bertz CT molecular complexity index is 371. The van der Waals surface area contributed by atoms with Gasteiger partial charge < -0.3 is 10.6 Å². The van der Waals surface area contributed by atoms with Crippen molar-refractivity contribution < 1.29 is 13.6 Å². The third kappa shape index (κ3) is 2.30. The molecule has 0 unspecified atom stereocenters. The summed E-state index contributed by atoms with van der Waals surface area (Å²) < 4.78 is 25.5. The first kappa shape index (κ1) is 10.0. The molecule has 0 aromatic heterocycles. The number of hydrogen-bond donors (Lipinski definition) is 2. The number of rotatable bonds is 2. The molecule has 1 atom stereocenters. The van der Waals surface area contributed by atoms with Crippen molar-refractivity contribution in [1.82, 2.24) is 5.32 Å². The minimum absolute atomic E-state index is 0.145. The minimum Gasteiger partial charge on any atom is -0.325 e. The zero-order valence-electron chi connectivity index (χ0n) is 7.89. The van der Waals surface area contributed by atoms with Crippen molar-refractivity contribution in [3.05, 3.63) is 29.8 Å². The summed E-state index contributed by atoms with van der Waals surface area (Å²) in [4.78, 5) is 11.4. The SMILES string of the molecule is O=C(Nc1cc(F)cc(F)c1)[C@H]1CCN1. The van der Waals surface area contributed by atoms with Gasteiger partial charge in [-0.1, -0.05) is 0 Å². The van der Waals surface area contributed by atoms with Crippen LogP contribution in [0, 0.1) is 11.6 Å². The summed E-state index contributed by atoms with van der Waals surface area (Å²) in [6.07, 6.45) is 0.754. The lowest BCUT2D eigenvalue weighted by atomic mass is 10.1. The molecule has 3 nitrogen and oxygen atoms in total.